The van der Waals surface area contributed by atoms with Crippen LogP contribution in [0.3, 0.4) is 0 Å². The maximum Gasteiger partial charge on any atom is 0.0468 e. The summed E-state index contributed by atoms with van der Waals surface area (Å²) in [6.07, 6.45) is 3.30. The highest BCUT2D eigenvalue weighted by molar-refractivity contribution is 6.30. The summed E-state index contributed by atoms with van der Waals surface area (Å²) >= 11 is 6.06. The van der Waals surface area contributed by atoms with Crippen LogP contribution in [0.2, 0.25) is 5.02 Å². The van der Waals surface area contributed by atoms with E-state index >= 15 is 0 Å². The molecule has 2 nitrogen and oxygen atoms in total. The lowest BCUT2D eigenvalue weighted by Gasteiger charge is -2.25. The van der Waals surface area contributed by atoms with E-state index in [1.807, 2.05) is 12.1 Å². The molecule has 1 unspecified atom stereocenters. The summed E-state index contributed by atoms with van der Waals surface area (Å²) < 4.78 is 5.36. The second kappa shape index (κ2) is 5.85. The van der Waals surface area contributed by atoms with Crippen molar-refractivity contribution in [3.8, 4) is 0 Å². The Hall–Kier alpha value is -0.570. The molecular weight excluding hydrogens is 234 g/mol. The molecule has 1 heterocycles. The summed E-state index contributed by atoms with van der Waals surface area (Å²) in [6.45, 7) is 3.81. The largest absolute Gasteiger partial charge is 0.381 e. The number of ether oxygens (including phenoxy) is 1. The van der Waals surface area contributed by atoms with E-state index in [4.69, 9.17) is 22.1 Å². The number of aryl methyl sites for hydroxylation is 1. The van der Waals surface area contributed by atoms with Gasteiger partial charge in [0.25, 0.3) is 0 Å². The van der Waals surface area contributed by atoms with Gasteiger partial charge in [-0.2, -0.15) is 0 Å². The second-order valence-corrected chi connectivity index (χ2v) is 5.40. The van der Waals surface area contributed by atoms with Crippen LogP contribution >= 0.6 is 11.6 Å². The maximum atomic E-state index is 6.26. The minimum Gasteiger partial charge on any atom is -0.381 e. The van der Waals surface area contributed by atoms with Crippen molar-refractivity contribution in [1.82, 2.24) is 0 Å². The zero-order valence-electron chi connectivity index (χ0n) is 10.3. The predicted octanol–water partition coefficient (Wildman–Crippen LogP) is 3.46. The van der Waals surface area contributed by atoms with Gasteiger partial charge in [0.1, 0.15) is 0 Å². The van der Waals surface area contributed by atoms with E-state index in [0.29, 0.717) is 5.92 Å². The first-order valence-electron chi connectivity index (χ1n) is 6.25. The van der Waals surface area contributed by atoms with Crippen molar-refractivity contribution in [2.24, 2.45) is 11.7 Å². The molecule has 1 aliphatic rings. The quantitative estimate of drug-likeness (QED) is 0.895. The molecule has 17 heavy (non-hydrogen) atoms. The molecule has 1 aromatic rings. The van der Waals surface area contributed by atoms with Crippen LogP contribution in [0.25, 0.3) is 0 Å². The van der Waals surface area contributed by atoms with Crippen molar-refractivity contribution in [1.29, 1.82) is 0 Å². The first kappa shape index (κ1) is 12.9. The molecule has 1 saturated heterocycles. The van der Waals surface area contributed by atoms with Gasteiger partial charge in [0.2, 0.25) is 0 Å². The van der Waals surface area contributed by atoms with Crippen molar-refractivity contribution < 1.29 is 4.74 Å². The Kier molecular flexibility index (Phi) is 4.43. The second-order valence-electron chi connectivity index (χ2n) is 4.96. The number of hydrogen-bond acceptors (Lipinski definition) is 2. The van der Waals surface area contributed by atoms with Crippen LogP contribution in [0.1, 0.15) is 36.4 Å². The standard InChI is InChI=1S/C14H20ClNO/c1-10-6-12(9-13(15)7-10)14(16)8-11-2-4-17-5-3-11/h6-7,9,11,14H,2-5,8,16H2,1H3. The SMILES string of the molecule is Cc1cc(Cl)cc(C(N)CC2CCOCC2)c1. The molecule has 0 amide bonds. The van der Waals surface area contributed by atoms with E-state index in [0.717, 1.165) is 43.1 Å². The van der Waals surface area contributed by atoms with Gasteiger partial charge in [0.05, 0.1) is 0 Å². The van der Waals surface area contributed by atoms with Gasteiger partial charge < -0.3 is 10.5 Å². The zero-order valence-corrected chi connectivity index (χ0v) is 11.0. The number of hydrogen-bond donors (Lipinski definition) is 1. The van der Waals surface area contributed by atoms with E-state index < -0.39 is 0 Å². The molecule has 1 fully saturated rings. The highest BCUT2D eigenvalue weighted by Crippen LogP contribution is 2.27. The highest BCUT2D eigenvalue weighted by atomic mass is 35.5. The van der Waals surface area contributed by atoms with Gasteiger partial charge in [-0.25, -0.2) is 0 Å². The monoisotopic (exact) mass is 253 g/mol. The number of halogens is 1. The molecule has 0 radical (unpaired) electrons. The predicted molar refractivity (Wildman–Crippen MR) is 71.3 cm³/mol. The average molecular weight is 254 g/mol. The van der Waals surface area contributed by atoms with Gasteiger partial charge in [-0.05, 0) is 55.4 Å². The van der Waals surface area contributed by atoms with Crippen molar-refractivity contribution >= 4 is 11.6 Å². The minimum absolute atomic E-state index is 0.0931. The summed E-state index contributed by atoms with van der Waals surface area (Å²) in [5, 5.41) is 0.780. The van der Waals surface area contributed by atoms with Gasteiger partial charge in [-0.1, -0.05) is 17.7 Å². The fourth-order valence-corrected chi connectivity index (χ4v) is 2.75. The van der Waals surface area contributed by atoms with Crippen LogP contribution in [0.15, 0.2) is 18.2 Å². The fourth-order valence-electron chi connectivity index (χ4n) is 2.46. The third-order valence-electron chi connectivity index (χ3n) is 3.42. The first-order valence-corrected chi connectivity index (χ1v) is 6.63. The third-order valence-corrected chi connectivity index (χ3v) is 3.64. The summed E-state index contributed by atoms with van der Waals surface area (Å²) in [5.74, 6) is 0.693. The van der Waals surface area contributed by atoms with Gasteiger partial charge >= 0.3 is 0 Å². The Bertz CT molecular complexity index is 354. The molecule has 2 N–H and O–H groups in total. The molecule has 3 heteroatoms. The summed E-state index contributed by atoms with van der Waals surface area (Å²) in [4.78, 5) is 0. The summed E-state index contributed by atoms with van der Waals surface area (Å²) in [5.41, 5.74) is 8.59. The lowest BCUT2D eigenvalue weighted by molar-refractivity contribution is 0.0618. The molecule has 2 rings (SSSR count). The smallest absolute Gasteiger partial charge is 0.0468 e. The van der Waals surface area contributed by atoms with E-state index in [1.165, 1.54) is 5.56 Å². The van der Waals surface area contributed by atoms with Gasteiger partial charge in [0.15, 0.2) is 0 Å². The first-order chi connectivity index (χ1) is 8.15. The van der Waals surface area contributed by atoms with E-state index in [1.54, 1.807) is 0 Å². The molecule has 0 bridgehead atoms. The van der Waals surface area contributed by atoms with E-state index in [9.17, 15) is 0 Å². The van der Waals surface area contributed by atoms with Crippen LogP contribution < -0.4 is 5.73 Å². The van der Waals surface area contributed by atoms with Crippen molar-refractivity contribution in [2.45, 2.75) is 32.2 Å². The topological polar surface area (TPSA) is 35.2 Å². The Morgan fingerprint density at radius 3 is 2.71 bits per heavy atom. The Morgan fingerprint density at radius 1 is 1.35 bits per heavy atom. The van der Waals surface area contributed by atoms with Crippen LogP contribution in [-0.4, -0.2) is 13.2 Å². The van der Waals surface area contributed by atoms with Crippen LogP contribution in [0.5, 0.6) is 0 Å². The minimum atomic E-state index is 0.0931. The van der Waals surface area contributed by atoms with Crippen molar-refractivity contribution in [3.05, 3.63) is 34.3 Å². The number of rotatable bonds is 3. The lowest BCUT2D eigenvalue weighted by Crippen LogP contribution is -2.21. The van der Waals surface area contributed by atoms with Crippen LogP contribution in [0.4, 0.5) is 0 Å². The van der Waals surface area contributed by atoms with Crippen molar-refractivity contribution in [2.75, 3.05) is 13.2 Å². The van der Waals surface area contributed by atoms with E-state index in [-0.39, 0.29) is 6.04 Å². The number of benzene rings is 1. The van der Waals surface area contributed by atoms with Gasteiger partial charge in [-0.3, -0.25) is 0 Å². The molecule has 0 aliphatic carbocycles. The molecule has 0 saturated carbocycles. The van der Waals surface area contributed by atoms with Crippen LogP contribution in [0, 0.1) is 12.8 Å². The van der Waals surface area contributed by atoms with E-state index in [2.05, 4.69) is 13.0 Å². The Morgan fingerprint density at radius 2 is 2.06 bits per heavy atom. The highest BCUT2D eigenvalue weighted by Gasteiger charge is 2.18. The molecule has 0 spiro atoms. The normalized spacial score (nSPS) is 19.2. The third kappa shape index (κ3) is 3.70. The molecular formula is C14H20ClNO. The molecule has 1 aromatic carbocycles. The average Bonchev–Trinajstić information content (AvgIpc) is 2.29. The fraction of sp³-hybridized carbons (Fsp3) is 0.571. The van der Waals surface area contributed by atoms with Crippen molar-refractivity contribution in [3.63, 3.8) is 0 Å². The maximum absolute atomic E-state index is 6.26. The van der Waals surface area contributed by atoms with Crippen LogP contribution in [-0.2, 0) is 4.74 Å². The molecule has 94 valence electrons. The summed E-state index contributed by atoms with van der Waals surface area (Å²) in [6, 6.07) is 6.18. The Labute approximate surface area is 108 Å². The summed E-state index contributed by atoms with van der Waals surface area (Å²) in [7, 11) is 0. The molecule has 1 aliphatic heterocycles. The zero-order chi connectivity index (χ0) is 12.3. The molecule has 0 aromatic heterocycles. The lowest BCUT2D eigenvalue weighted by atomic mass is 9.89. The van der Waals surface area contributed by atoms with Gasteiger partial charge in [0, 0.05) is 24.3 Å². The molecule has 1 atom stereocenters. The number of nitrogens with two attached hydrogens (primary N) is 1. The Balaban J connectivity index is 2.00. The van der Waals surface area contributed by atoms with Gasteiger partial charge in [-0.15, -0.1) is 0 Å².